The normalized spacial score (nSPS) is 40.4. The zero-order valence-electron chi connectivity index (χ0n) is 37.0. The van der Waals surface area contributed by atoms with Crippen molar-refractivity contribution >= 4 is 16.0 Å². The SMILES string of the molecule is CCCCOC(=O)[C@@H]1[C@@](C)([C@H](C)C(C)C)CC[C@]2(C)[C@H]3CC[C@@H]4[C@@]5(COC[C@]4(C)[C@@H](OCC4(NS(=O)(=O)c6ccc(C)cc6)CCCC4)[C@H](OC)C5)C3=CC[C@@]12C. The number of hydrogen-bond acceptors (Lipinski definition) is 7. The molecule has 0 amide bonds. The summed E-state index contributed by atoms with van der Waals surface area (Å²) in [5.41, 5.74) is 0.941. The molecule has 1 aromatic carbocycles. The molecule has 1 saturated heterocycles. The number of benzene rings is 1. The second-order valence-corrected chi connectivity index (χ2v) is 22.8. The first-order valence-electron chi connectivity index (χ1n) is 22.6. The minimum absolute atomic E-state index is 0.0162. The number of unbranched alkanes of at least 4 members (excludes halogenated alkanes) is 1. The maximum Gasteiger partial charge on any atom is 0.310 e. The van der Waals surface area contributed by atoms with E-state index in [0.717, 1.165) is 82.6 Å². The minimum Gasteiger partial charge on any atom is -0.465 e. The molecule has 1 heterocycles. The standard InChI is InChI=1S/C48H75NO7S/c1-11-12-27-55-42(50)40-43(6,34(5)32(2)3)25-26-45(8)36-19-20-39-44(7)29-54-31-48(39,37(36)21-24-46(40,45)9)28-38(53-10)41(44)56-30-47(22-13-14-23-47)49-57(51,52)35-17-15-33(4)16-18-35/h15-18,21,32,34,36,38-41,49H,11-14,19-20,22-31H2,1-10H3/t34-,36+,38-,39+,40-,41+,43-,44+,45-,46+,48+/m1/s1. The Hall–Kier alpha value is -1.78. The molecule has 5 fully saturated rings. The van der Waals surface area contributed by atoms with Crippen molar-refractivity contribution < 1.29 is 32.2 Å². The van der Waals surface area contributed by atoms with Crippen LogP contribution in [0.4, 0.5) is 0 Å². The average Bonchev–Trinajstić information content (AvgIpc) is 3.62. The largest absolute Gasteiger partial charge is 0.465 e. The Morgan fingerprint density at radius 3 is 2.32 bits per heavy atom. The molecular formula is C48H75NO7S. The number of esters is 1. The molecule has 6 aliphatic rings. The van der Waals surface area contributed by atoms with E-state index in [0.29, 0.717) is 55.0 Å². The van der Waals surface area contributed by atoms with E-state index >= 15 is 0 Å². The molecule has 2 bridgehead atoms. The van der Waals surface area contributed by atoms with Crippen molar-refractivity contribution in [2.45, 2.75) is 162 Å². The van der Waals surface area contributed by atoms with Crippen LogP contribution >= 0.6 is 0 Å². The van der Waals surface area contributed by atoms with E-state index in [9.17, 15) is 13.2 Å². The Labute approximate surface area is 345 Å². The summed E-state index contributed by atoms with van der Waals surface area (Å²) in [6.45, 7) is 22.9. The fourth-order valence-electron chi connectivity index (χ4n) is 14.1. The lowest BCUT2D eigenvalue weighted by Gasteiger charge is -2.71. The second kappa shape index (κ2) is 15.6. The molecule has 7 rings (SSSR count). The van der Waals surface area contributed by atoms with Gasteiger partial charge in [-0.15, -0.1) is 0 Å². The fourth-order valence-corrected chi connectivity index (χ4v) is 15.5. The highest BCUT2D eigenvalue weighted by Gasteiger charge is 2.72. The third kappa shape index (κ3) is 6.92. The molecule has 0 aromatic heterocycles. The predicted molar refractivity (Wildman–Crippen MR) is 225 cm³/mol. The van der Waals surface area contributed by atoms with Crippen LogP contribution in [-0.4, -0.2) is 65.7 Å². The summed E-state index contributed by atoms with van der Waals surface area (Å²) in [7, 11) is -1.91. The van der Waals surface area contributed by atoms with Crippen LogP contribution in [0.25, 0.3) is 0 Å². The zero-order valence-corrected chi connectivity index (χ0v) is 37.8. The Balaban J connectivity index is 1.19. The van der Waals surface area contributed by atoms with E-state index in [4.69, 9.17) is 18.9 Å². The number of carbonyl (C=O) groups excluding carboxylic acids is 1. The molecule has 320 valence electrons. The summed E-state index contributed by atoms with van der Waals surface area (Å²) in [6.07, 6.45) is 13.4. The van der Waals surface area contributed by atoms with Crippen LogP contribution in [0.3, 0.4) is 0 Å². The van der Waals surface area contributed by atoms with E-state index < -0.39 is 15.6 Å². The van der Waals surface area contributed by atoms with Crippen molar-refractivity contribution in [2.75, 3.05) is 33.5 Å². The molecule has 57 heavy (non-hydrogen) atoms. The van der Waals surface area contributed by atoms with Crippen LogP contribution in [-0.2, 0) is 33.8 Å². The molecule has 9 heteroatoms. The first-order chi connectivity index (χ1) is 26.9. The average molecular weight is 810 g/mol. The monoisotopic (exact) mass is 810 g/mol. The predicted octanol–water partition coefficient (Wildman–Crippen LogP) is 9.83. The van der Waals surface area contributed by atoms with Crippen LogP contribution in [0.5, 0.6) is 0 Å². The lowest BCUT2D eigenvalue weighted by atomic mass is 9.34. The molecule has 0 unspecified atom stereocenters. The van der Waals surface area contributed by atoms with Crippen LogP contribution in [0.15, 0.2) is 40.8 Å². The molecule has 1 aliphatic heterocycles. The second-order valence-electron chi connectivity index (χ2n) is 21.1. The van der Waals surface area contributed by atoms with Gasteiger partial charge in [0.15, 0.2) is 0 Å². The number of sulfonamides is 1. The van der Waals surface area contributed by atoms with Crippen molar-refractivity contribution in [3.63, 3.8) is 0 Å². The smallest absolute Gasteiger partial charge is 0.310 e. The number of ether oxygens (including phenoxy) is 4. The van der Waals surface area contributed by atoms with Crippen molar-refractivity contribution in [3.8, 4) is 0 Å². The molecule has 1 N–H and O–H groups in total. The molecule has 4 saturated carbocycles. The molecule has 11 atom stereocenters. The number of allylic oxidation sites excluding steroid dienone is 1. The minimum atomic E-state index is -3.73. The number of rotatable bonds is 13. The number of carbonyl (C=O) groups is 1. The van der Waals surface area contributed by atoms with Gasteiger partial charge in [-0.3, -0.25) is 4.79 Å². The van der Waals surface area contributed by atoms with Crippen molar-refractivity contribution in [1.82, 2.24) is 4.72 Å². The summed E-state index contributed by atoms with van der Waals surface area (Å²) < 4.78 is 57.2. The zero-order chi connectivity index (χ0) is 41.2. The van der Waals surface area contributed by atoms with E-state index in [-0.39, 0.29) is 51.2 Å². The van der Waals surface area contributed by atoms with Gasteiger partial charge in [0, 0.05) is 17.9 Å². The highest BCUT2D eigenvalue weighted by molar-refractivity contribution is 7.89. The fraction of sp³-hybridized carbons (Fsp3) is 0.812. The Morgan fingerprint density at radius 1 is 0.965 bits per heavy atom. The molecule has 1 aromatic rings. The number of methoxy groups -OCH3 is 1. The van der Waals surface area contributed by atoms with Crippen molar-refractivity contribution in [3.05, 3.63) is 41.5 Å². The lowest BCUT2D eigenvalue weighted by Crippen LogP contribution is -2.70. The summed E-state index contributed by atoms with van der Waals surface area (Å²) in [5, 5.41) is 0. The molecule has 5 aliphatic carbocycles. The molecular weight excluding hydrogens is 735 g/mol. The quantitative estimate of drug-likeness (QED) is 0.120. The Morgan fingerprint density at radius 2 is 1.67 bits per heavy atom. The van der Waals surface area contributed by atoms with Gasteiger partial charge in [-0.2, -0.15) is 0 Å². The first-order valence-corrected chi connectivity index (χ1v) is 24.0. The Kier molecular flexibility index (Phi) is 11.9. The highest BCUT2D eigenvalue weighted by atomic mass is 32.2. The third-order valence-corrected chi connectivity index (χ3v) is 19.5. The molecule has 0 spiro atoms. The highest BCUT2D eigenvalue weighted by Crippen LogP contribution is 2.75. The van der Waals surface area contributed by atoms with E-state index in [1.807, 2.05) is 26.2 Å². The van der Waals surface area contributed by atoms with Gasteiger partial charge in [0.25, 0.3) is 0 Å². The first kappa shape index (κ1) is 43.3. The van der Waals surface area contributed by atoms with Crippen LogP contribution in [0.1, 0.15) is 138 Å². The number of aryl methyl sites for hydroxylation is 1. The summed E-state index contributed by atoms with van der Waals surface area (Å²) in [6, 6.07) is 7.09. The van der Waals surface area contributed by atoms with Gasteiger partial charge in [0.05, 0.1) is 55.0 Å². The van der Waals surface area contributed by atoms with Gasteiger partial charge < -0.3 is 18.9 Å². The number of hydrogen-bond donors (Lipinski definition) is 1. The summed E-state index contributed by atoms with van der Waals surface area (Å²) in [5.74, 6) is 1.38. The van der Waals surface area contributed by atoms with Crippen LogP contribution in [0, 0.1) is 63.6 Å². The molecule has 8 nitrogen and oxygen atoms in total. The van der Waals surface area contributed by atoms with E-state index in [1.54, 1.807) is 17.7 Å². The molecule has 0 radical (unpaired) electrons. The van der Waals surface area contributed by atoms with Gasteiger partial charge in [-0.1, -0.05) is 104 Å². The van der Waals surface area contributed by atoms with E-state index in [2.05, 4.69) is 66.2 Å². The summed E-state index contributed by atoms with van der Waals surface area (Å²) in [4.78, 5) is 14.8. The van der Waals surface area contributed by atoms with Gasteiger partial charge in [-0.25, -0.2) is 13.1 Å². The Bertz CT molecular complexity index is 1770. The maximum absolute atomic E-state index is 14.5. The third-order valence-electron chi connectivity index (χ3n) is 17.9. The van der Waals surface area contributed by atoms with Gasteiger partial charge >= 0.3 is 5.97 Å². The maximum atomic E-state index is 14.5. The topological polar surface area (TPSA) is 100 Å². The van der Waals surface area contributed by atoms with Gasteiger partial charge in [-0.05, 0) is 117 Å². The van der Waals surface area contributed by atoms with Crippen LogP contribution in [0.2, 0.25) is 0 Å². The summed E-state index contributed by atoms with van der Waals surface area (Å²) >= 11 is 0. The van der Waals surface area contributed by atoms with Gasteiger partial charge in [0.1, 0.15) is 0 Å². The van der Waals surface area contributed by atoms with Crippen molar-refractivity contribution in [2.24, 2.45) is 56.7 Å². The van der Waals surface area contributed by atoms with Gasteiger partial charge in [0.2, 0.25) is 10.0 Å². The lowest BCUT2D eigenvalue weighted by molar-refractivity contribution is -0.269. The van der Waals surface area contributed by atoms with Crippen LogP contribution < -0.4 is 4.72 Å². The van der Waals surface area contributed by atoms with Crippen molar-refractivity contribution in [1.29, 1.82) is 0 Å². The van der Waals surface area contributed by atoms with E-state index in [1.165, 1.54) is 0 Å². The number of nitrogens with one attached hydrogen (secondary N) is 1. The number of fused-ring (bicyclic) bond motifs is 3.